The molecule has 5 rings (SSSR count). The first-order valence-corrected chi connectivity index (χ1v) is 9.66. The van der Waals surface area contributed by atoms with Crippen LogP contribution in [0.4, 0.5) is 5.69 Å². The van der Waals surface area contributed by atoms with Crippen LogP contribution in [-0.2, 0) is 6.54 Å². The molecule has 28 heavy (non-hydrogen) atoms. The third-order valence-corrected chi connectivity index (χ3v) is 5.93. The Morgan fingerprint density at radius 3 is 2.57 bits per heavy atom. The van der Waals surface area contributed by atoms with Crippen LogP contribution < -0.4 is 5.73 Å². The number of para-hydroxylation sites is 1. The third-order valence-electron chi connectivity index (χ3n) is 5.93. The Kier molecular flexibility index (Phi) is 3.94. The zero-order valence-corrected chi connectivity index (χ0v) is 15.5. The van der Waals surface area contributed by atoms with E-state index in [0.29, 0.717) is 16.8 Å². The number of nitrogen functional groups attached to an aromatic ring is 1. The molecule has 6 nitrogen and oxygen atoms in total. The van der Waals surface area contributed by atoms with Gasteiger partial charge in [0.25, 0.3) is 11.8 Å². The highest BCUT2D eigenvalue weighted by Gasteiger charge is 2.40. The number of nitrogens with zero attached hydrogens (tertiary/aromatic N) is 2. The number of aromatic amines is 1. The van der Waals surface area contributed by atoms with Crippen molar-refractivity contribution in [1.82, 2.24) is 14.8 Å². The highest BCUT2D eigenvalue weighted by Crippen LogP contribution is 2.30. The minimum atomic E-state index is -0.206. The summed E-state index contributed by atoms with van der Waals surface area (Å²) in [6.45, 7) is 2.59. The fraction of sp³-hybridized carbons (Fsp3) is 0.273. The smallest absolute Gasteiger partial charge is 0.261 e. The molecule has 1 fully saturated rings. The van der Waals surface area contributed by atoms with Crippen LogP contribution in [0.5, 0.6) is 0 Å². The van der Waals surface area contributed by atoms with Gasteiger partial charge in [0, 0.05) is 48.5 Å². The van der Waals surface area contributed by atoms with E-state index in [1.165, 1.54) is 15.8 Å². The van der Waals surface area contributed by atoms with Crippen molar-refractivity contribution < 1.29 is 9.59 Å². The molecule has 3 heterocycles. The predicted molar refractivity (Wildman–Crippen MR) is 108 cm³/mol. The number of benzene rings is 2. The lowest BCUT2D eigenvalue weighted by Gasteiger charge is -2.35. The number of nitrogens with one attached hydrogen (secondary N) is 1. The third kappa shape index (κ3) is 2.68. The van der Waals surface area contributed by atoms with Crippen molar-refractivity contribution in [2.45, 2.75) is 25.4 Å². The number of fused-ring (bicyclic) bond motifs is 2. The molecule has 1 saturated heterocycles. The second kappa shape index (κ2) is 6.49. The fourth-order valence-electron chi connectivity index (χ4n) is 4.45. The Hall–Kier alpha value is -3.12. The SMILES string of the molecule is Nc1ccc2c(c1)C(=O)N(C1CCN(Cc3c[nH]c4ccccc34)CC1)C2=O. The highest BCUT2D eigenvalue weighted by atomic mass is 16.2. The summed E-state index contributed by atoms with van der Waals surface area (Å²) in [5.74, 6) is -0.391. The minimum Gasteiger partial charge on any atom is -0.399 e. The molecule has 0 unspecified atom stereocenters. The average molecular weight is 374 g/mol. The molecule has 3 N–H and O–H groups in total. The number of amides is 2. The molecular weight excluding hydrogens is 352 g/mol. The van der Waals surface area contributed by atoms with Gasteiger partial charge in [-0.3, -0.25) is 19.4 Å². The van der Waals surface area contributed by atoms with Gasteiger partial charge in [-0.05, 0) is 42.7 Å². The maximum absolute atomic E-state index is 12.8. The zero-order valence-electron chi connectivity index (χ0n) is 15.5. The number of hydrogen-bond acceptors (Lipinski definition) is 4. The van der Waals surface area contributed by atoms with Gasteiger partial charge in [-0.15, -0.1) is 0 Å². The van der Waals surface area contributed by atoms with E-state index in [2.05, 4.69) is 34.3 Å². The van der Waals surface area contributed by atoms with Crippen LogP contribution in [0.15, 0.2) is 48.7 Å². The van der Waals surface area contributed by atoms with Gasteiger partial charge < -0.3 is 10.7 Å². The van der Waals surface area contributed by atoms with E-state index < -0.39 is 0 Å². The summed E-state index contributed by atoms with van der Waals surface area (Å²) in [7, 11) is 0. The Labute approximate surface area is 162 Å². The molecule has 0 bridgehead atoms. The summed E-state index contributed by atoms with van der Waals surface area (Å²) >= 11 is 0. The Balaban J connectivity index is 1.28. The number of aromatic nitrogens is 1. The van der Waals surface area contributed by atoms with Gasteiger partial charge in [0.05, 0.1) is 11.1 Å². The number of imide groups is 1. The molecule has 0 atom stereocenters. The molecule has 2 amide bonds. The van der Waals surface area contributed by atoms with Crippen LogP contribution in [0.1, 0.15) is 39.1 Å². The molecule has 1 aromatic heterocycles. The number of carbonyl (C=O) groups excluding carboxylic acids is 2. The number of hydrogen-bond donors (Lipinski definition) is 2. The van der Waals surface area contributed by atoms with Gasteiger partial charge >= 0.3 is 0 Å². The lowest BCUT2D eigenvalue weighted by molar-refractivity contribution is 0.0498. The van der Waals surface area contributed by atoms with Crippen molar-refractivity contribution in [3.8, 4) is 0 Å². The average Bonchev–Trinajstić information content (AvgIpc) is 3.22. The summed E-state index contributed by atoms with van der Waals surface area (Å²) in [4.78, 5) is 32.7. The standard InChI is InChI=1S/C22H22N4O2/c23-15-5-6-18-19(11-15)22(28)26(21(18)27)16-7-9-25(10-8-16)13-14-12-24-20-4-2-1-3-17(14)20/h1-6,11-12,16,24H,7-10,13,23H2. The molecule has 6 heteroatoms. The van der Waals surface area contributed by atoms with Gasteiger partial charge in [-0.25, -0.2) is 0 Å². The molecule has 0 radical (unpaired) electrons. The van der Waals surface area contributed by atoms with E-state index >= 15 is 0 Å². The van der Waals surface area contributed by atoms with E-state index in [0.717, 1.165) is 38.0 Å². The van der Waals surface area contributed by atoms with Crippen LogP contribution in [0, 0.1) is 0 Å². The topological polar surface area (TPSA) is 82.4 Å². The maximum atomic E-state index is 12.8. The molecule has 0 aliphatic carbocycles. The fourth-order valence-corrected chi connectivity index (χ4v) is 4.45. The van der Waals surface area contributed by atoms with Crippen LogP contribution in [-0.4, -0.2) is 45.7 Å². The van der Waals surface area contributed by atoms with E-state index in [-0.39, 0.29) is 17.9 Å². The van der Waals surface area contributed by atoms with Gasteiger partial charge in [0.15, 0.2) is 0 Å². The first-order valence-electron chi connectivity index (χ1n) is 9.66. The van der Waals surface area contributed by atoms with E-state index in [4.69, 9.17) is 5.73 Å². The Morgan fingerprint density at radius 1 is 1.00 bits per heavy atom. The monoisotopic (exact) mass is 374 g/mol. The number of H-pyrrole nitrogens is 1. The number of anilines is 1. The van der Waals surface area contributed by atoms with Crippen LogP contribution in [0.25, 0.3) is 10.9 Å². The number of nitrogens with two attached hydrogens (primary N) is 1. The largest absolute Gasteiger partial charge is 0.399 e. The number of piperidine rings is 1. The minimum absolute atomic E-state index is 0.0483. The van der Waals surface area contributed by atoms with Crippen LogP contribution in [0.3, 0.4) is 0 Å². The first kappa shape index (κ1) is 17.0. The summed E-state index contributed by atoms with van der Waals surface area (Å²) in [5, 5.41) is 1.25. The second-order valence-electron chi connectivity index (χ2n) is 7.65. The lowest BCUT2D eigenvalue weighted by Crippen LogP contribution is -2.47. The van der Waals surface area contributed by atoms with Crippen molar-refractivity contribution >= 4 is 28.4 Å². The molecule has 142 valence electrons. The second-order valence-corrected chi connectivity index (χ2v) is 7.65. The predicted octanol–water partition coefficient (Wildman–Crippen LogP) is 3.01. The summed E-state index contributed by atoms with van der Waals surface area (Å²) in [6.07, 6.45) is 3.66. The van der Waals surface area contributed by atoms with Gasteiger partial charge in [-0.1, -0.05) is 18.2 Å². The number of carbonyl (C=O) groups is 2. The van der Waals surface area contributed by atoms with E-state index in [9.17, 15) is 9.59 Å². The number of rotatable bonds is 3. The van der Waals surface area contributed by atoms with E-state index in [1.54, 1.807) is 18.2 Å². The first-order chi connectivity index (χ1) is 13.6. The molecule has 3 aromatic rings. The molecule has 2 aliphatic heterocycles. The number of likely N-dealkylation sites (tertiary alicyclic amines) is 1. The summed E-state index contributed by atoms with van der Waals surface area (Å²) < 4.78 is 0. The summed E-state index contributed by atoms with van der Waals surface area (Å²) in [5.41, 5.74) is 9.64. The molecule has 0 saturated carbocycles. The maximum Gasteiger partial charge on any atom is 0.261 e. The summed E-state index contributed by atoms with van der Waals surface area (Å²) in [6, 6.07) is 13.2. The van der Waals surface area contributed by atoms with Gasteiger partial charge in [0.1, 0.15) is 0 Å². The Morgan fingerprint density at radius 2 is 1.75 bits per heavy atom. The molecule has 0 spiro atoms. The van der Waals surface area contributed by atoms with Gasteiger partial charge in [-0.2, -0.15) is 0 Å². The van der Waals surface area contributed by atoms with Crippen molar-refractivity contribution in [3.63, 3.8) is 0 Å². The van der Waals surface area contributed by atoms with E-state index in [1.807, 2.05) is 6.07 Å². The van der Waals surface area contributed by atoms with Crippen LogP contribution >= 0.6 is 0 Å². The van der Waals surface area contributed by atoms with Crippen molar-refractivity contribution in [3.05, 3.63) is 65.4 Å². The lowest BCUT2D eigenvalue weighted by atomic mass is 10.0. The normalized spacial score (nSPS) is 18.2. The van der Waals surface area contributed by atoms with Crippen molar-refractivity contribution in [1.29, 1.82) is 0 Å². The van der Waals surface area contributed by atoms with Gasteiger partial charge in [0.2, 0.25) is 0 Å². The zero-order chi connectivity index (χ0) is 19.3. The molecule has 2 aromatic carbocycles. The molecular formula is C22H22N4O2. The molecule has 2 aliphatic rings. The van der Waals surface area contributed by atoms with Crippen molar-refractivity contribution in [2.75, 3.05) is 18.8 Å². The van der Waals surface area contributed by atoms with Crippen LogP contribution in [0.2, 0.25) is 0 Å². The Bertz CT molecular complexity index is 1080. The quantitative estimate of drug-likeness (QED) is 0.545. The van der Waals surface area contributed by atoms with Crippen molar-refractivity contribution in [2.24, 2.45) is 0 Å². The highest BCUT2D eigenvalue weighted by molar-refractivity contribution is 6.21.